The van der Waals surface area contributed by atoms with Gasteiger partial charge in [-0.1, -0.05) is 115 Å². The Bertz CT molecular complexity index is 3470. The molecule has 1 aliphatic carbocycles. The summed E-state index contributed by atoms with van der Waals surface area (Å²) in [6.45, 7) is 0. The van der Waals surface area contributed by atoms with Gasteiger partial charge in [0.1, 0.15) is 11.2 Å². The van der Waals surface area contributed by atoms with E-state index in [0.29, 0.717) is 0 Å². The third-order valence-corrected chi connectivity index (χ3v) is 16.0. The van der Waals surface area contributed by atoms with Crippen molar-refractivity contribution in [1.82, 2.24) is 14.5 Å². The van der Waals surface area contributed by atoms with Crippen LogP contribution in [-0.4, -0.2) is 14.5 Å². The van der Waals surface area contributed by atoms with Crippen LogP contribution < -0.4 is 10.6 Å². The van der Waals surface area contributed by atoms with E-state index in [1.54, 1.807) is 0 Å². The minimum absolute atomic E-state index is 0.733. The van der Waals surface area contributed by atoms with Gasteiger partial charge in [-0.25, -0.2) is 9.97 Å². The summed E-state index contributed by atoms with van der Waals surface area (Å²) < 4.78 is 8.97. The highest BCUT2D eigenvalue weighted by Crippen LogP contribution is 2.73. The number of hydrogen-bond donors (Lipinski definition) is 0. The Hall–Kier alpha value is -7.47. The number of nitrogens with zero attached hydrogens (tertiary/aromatic N) is 3. The average Bonchev–Trinajstić information content (AvgIpc) is 3.86. The molecule has 11 aromatic rings. The van der Waals surface area contributed by atoms with E-state index in [0.717, 1.165) is 90.1 Å². The topological polar surface area (TPSA) is 43.9 Å². The maximum atomic E-state index is 6.55. The molecule has 0 N–H and O–H groups in total. The molecule has 0 spiro atoms. The van der Waals surface area contributed by atoms with E-state index in [2.05, 4.69) is 211 Å². The van der Waals surface area contributed by atoms with Gasteiger partial charge < -0.3 is 8.98 Å². The predicted octanol–water partition coefficient (Wildman–Crippen LogP) is 13.5. The molecule has 61 heavy (non-hydrogen) atoms. The summed E-state index contributed by atoms with van der Waals surface area (Å²) in [7, 11) is -1.91. The third kappa shape index (κ3) is 5.69. The zero-order valence-electron chi connectivity index (χ0n) is 33.3. The molecule has 5 heteroatoms. The Balaban J connectivity index is 1.10. The van der Waals surface area contributed by atoms with E-state index >= 15 is 0 Å². The SMILES string of the molecule is C1=c2nc(-c3ccc(-n4c5ccc(S(c6ccccc6)(c6ccccc6)c6ccccc6)cc5c5cc6oc7ccccc7c6cc54)cc3)nc(-c3ccccc3)c2=CCC1. The van der Waals surface area contributed by atoms with Crippen molar-refractivity contribution in [2.24, 2.45) is 0 Å². The lowest BCUT2D eigenvalue weighted by atomic mass is 10.0. The van der Waals surface area contributed by atoms with Crippen molar-refractivity contribution in [3.8, 4) is 28.3 Å². The number of para-hydroxylation sites is 1. The standard InChI is InChI=1S/C56H39N3OS/c1-5-17-38(18-6-1)55-46-26-13-15-27-50(46)57-56(58-55)39-29-31-40(32-30-39)59-51-34-33-44(35-47(51)48-37-54-49(36-52(48)59)45-25-14-16-28-53(45)60-54)61(41-19-7-2-8-20-41,42-21-9-3-10-22-42)43-23-11-4-12-24-43/h1-12,14,16-37H,13,15H2. The fourth-order valence-electron chi connectivity index (χ4n) is 9.37. The van der Waals surface area contributed by atoms with Gasteiger partial charge in [-0.05, 0) is 110 Å². The summed E-state index contributed by atoms with van der Waals surface area (Å²) in [4.78, 5) is 15.5. The molecule has 0 saturated heterocycles. The van der Waals surface area contributed by atoms with Crippen molar-refractivity contribution in [1.29, 1.82) is 0 Å². The van der Waals surface area contributed by atoms with Gasteiger partial charge in [0.25, 0.3) is 0 Å². The van der Waals surface area contributed by atoms with Crippen molar-refractivity contribution in [3.05, 3.63) is 211 Å². The molecule has 0 unspecified atom stereocenters. The van der Waals surface area contributed by atoms with Gasteiger partial charge in [-0.15, -0.1) is 10.0 Å². The van der Waals surface area contributed by atoms with Crippen LogP contribution in [0.2, 0.25) is 0 Å². The molecule has 12 rings (SSSR count). The fourth-order valence-corrected chi connectivity index (χ4v) is 13.3. The maximum absolute atomic E-state index is 6.55. The van der Waals surface area contributed by atoms with Crippen molar-refractivity contribution in [3.63, 3.8) is 0 Å². The Labute approximate surface area is 354 Å². The number of aromatic nitrogens is 3. The van der Waals surface area contributed by atoms with E-state index in [1.165, 1.54) is 25.0 Å². The first-order chi connectivity index (χ1) is 30.2. The highest BCUT2D eigenvalue weighted by atomic mass is 32.3. The third-order valence-electron chi connectivity index (χ3n) is 12.1. The Kier molecular flexibility index (Phi) is 8.36. The second-order valence-corrected chi connectivity index (χ2v) is 18.7. The number of hydrogen-bond acceptors (Lipinski definition) is 3. The number of benzene rings is 8. The van der Waals surface area contributed by atoms with Crippen LogP contribution in [0, 0.1) is 0 Å². The molecule has 0 atom stereocenters. The minimum atomic E-state index is -1.91. The first-order valence-electron chi connectivity index (χ1n) is 20.9. The molecule has 0 amide bonds. The lowest BCUT2D eigenvalue weighted by molar-refractivity contribution is 0.669. The molecule has 8 aromatic carbocycles. The van der Waals surface area contributed by atoms with E-state index in [9.17, 15) is 0 Å². The normalized spacial score (nSPS) is 13.0. The van der Waals surface area contributed by atoms with Crippen LogP contribution in [0.1, 0.15) is 12.8 Å². The lowest BCUT2D eigenvalue weighted by Gasteiger charge is -2.42. The van der Waals surface area contributed by atoms with E-state index in [4.69, 9.17) is 14.4 Å². The van der Waals surface area contributed by atoms with Crippen LogP contribution in [0.15, 0.2) is 224 Å². The first kappa shape index (κ1) is 35.5. The van der Waals surface area contributed by atoms with Gasteiger partial charge in [-0.2, -0.15) is 0 Å². The molecule has 3 heterocycles. The van der Waals surface area contributed by atoms with Crippen LogP contribution in [0.4, 0.5) is 0 Å². The highest BCUT2D eigenvalue weighted by Gasteiger charge is 2.34. The van der Waals surface area contributed by atoms with Crippen LogP contribution in [0.5, 0.6) is 0 Å². The fraction of sp³-hybridized carbons (Fsp3) is 0.0357. The smallest absolute Gasteiger partial charge is 0.160 e. The van der Waals surface area contributed by atoms with Gasteiger partial charge in [0.05, 0.1) is 22.1 Å². The predicted molar refractivity (Wildman–Crippen MR) is 252 cm³/mol. The van der Waals surface area contributed by atoms with Crippen LogP contribution in [0.3, 0.4) is 0 Å². The Morgan fingerprint density at radius 3 is 1.72 bits per heavy atom. The van der Waals surface area contributed by atoms with Crippen LogP contribution in [-0.2, 0) is 0 Å². The first-order valence-corrected chi connectivity index (χ1v) is 22.5. The van der Waals surface area contributed by atoms with Gasteiger partial charge in [0, 0.05) is 63.2 Å². The zero-order valence-corrected chi connectivity index (χ0v) is 34.1. The summed E-state index contributed by atoms with van der Waals surface area (Å²) >= 11 is 0. The summed E-state index contributed by atoms with van der Waals surface area (Å²) in [6, 6.07) is 72.5. The quantitative estimate of drug-likeness (QED) is 0.161. The van der Waals surface area contributed by atoms with Crippen molar-refractivity contribution < 1.29 is 4.42 Å². The molecule has 290 valence electrons. The zero-order chi connectivity index (χ0) is 40.3. The van der Waals surface area contributed by atoms with E-state index in [1.807, 2.05) is 6.07 Å². The van der Waals surface area contributed by atoms with Crippen LogP contribution >= 0.6 is 10.0 Å². The second kappa shape index (κ2) is 14.4. The van der Waals surface area contributed by atoms with Crippen LogP contribution in [0.25, 0.3) is 84.2 Å². The second-order valence-electron chi connectivity index (χ2n) is 15.6. The van der Waals surface area contributed by atoms with E-state index < -0.39 is 10.0 Å². The summed E-state index contributed by atoms with van der Waals surface area (Å²) in [5.74, 6) is 0.733. The van der Waals surface area contributed by atoms with Gasteiger partial charge in [-0.3, -0.25) is 0 Å². The monoisotopic (exact) mass is 801 g/mol. The Morgan fingerprint density at radius 2 is 1.03 bits per heavy atom. The van der Waals surface area contributed by atoms with Crippen molar-refractivity contribution in [2.45, 2.75) is 32.4 Å². The van der Waals surface area contributed by atoms with Gasteiger partial charge >= 0.3 is 0 Å². The molecule has 0 aliphatic heterocycles. The number of furan rings is 1. The van der Waals surface area contributed by atoms with E-state index in [-0.39, 0.29) is 0 Å². The number of rotatable bonds is 7. The average molecular weight is 802 g/mol. The van der Waals surface area contributed by atoms with Crippen molar-refractivity contribution in [2.75, 3.05) is 0 Å². The summed E-state index contributed by atoms with van der Waals surface area (Å²) in [5.41, 5.74) is 8.16. The molecule has 0 saturated carbocycles. The minimum Gasteiger partial charge on any atom is -0.456 e. The lowest BCUT2D eigenvalue weighted by Crippen LogP contribution is -2.33. The highest BCUT2D eigenvalue weighted by molar-refractivity contribution is 8.34. The van der Waals surface area contributed by atoms with Gasteiger partial charge in [0.2, 0.25) is 0 Å². The molecule has 0 radical (unpaired) electrons. The molecular weight excluding hydrogens is 763 g/mol. The van der Waals surface area contributed by atoms with Gasteiger partial charge in [0.15, 0.2) is 5.82 Å². The molecule has 4 nitrogen and oxygen atoms in total. The molecule has 0 fully saturated rings. The number of fused-ring (bicyclic) bond motifs is 7. The molecule has 0 bridgehead atoms. The maximum Gasteiger partial charge on any atom is 0.160 e. The molecule has 3 aromatic heterocycles. The summed E-state index contributed by atoms with van der Waals surface area (Å²) in [6.07, 6.45) is 6.51. The Morgan fingerprint density at radius 1 is 0.426 bits per heavy atom. The molecule has 1 aliphatic rings. The largest absolute Gasteiger partial charge is 0.456 e. The van der Waals surface area contributed by atoms with Crippen molar-refractivity contribution >= 4 is 65.9 Å². The summed E-state index contributed by atoms with van der Waals surface area (Å²) in [5, 5.41) is 6.67. The molecular formula is C56H39N3OS.